The lowest BCUT2D eigenvalue weighted by Crippen LogP contribution is -2.39. The summed E-state index contributed by atoms with van der Waals surface area (Å²) in [4.78, 5) is 18.9. The third-order valence-corrected chi connectivity index (χ3v) is 4.25. The summed E-state index contributed by atoms with van der Waals surface area (Å²) in [6.45, 7) is 2.40. The van der Waals surface area contributed by atoms with Crippen LogP contribution in [0.5, 0.6) is 0 Å². The Bertz CT molecular complexity index is 567. The van der Waals surface area contributed by atoms with Crippen LogP contribution in [0.3, 0.4) is 0 Å². The highest BCUT2D eigenvalue weighted by molar-refractivity contribution is 7.13. The first kappa shape index (κ1) is 15.7. The van der Waals surface area contributed by atoms with Gasteiger partial charge in [0.25, 0.3) is 0 Å². The molecule has 2 aromatic heterocycles. The van der Waals surface area contributed by atoms with Gasteiger partial charge in [0.15, 0.2) is 0 Å². The van der Waals surface area contributed by atoms with Crippen LogP contribution in [-0.4, -0.2) is 40.6 Å². The van der Waals surface area contributed by atoms with Crippen LogP contribution in [0.2, 0.25) is 0 Å². The topological polar surface area (TPSA) is 85.2 Å². The van der Waals surface area contributed by atoms with Gasteiger partial charge in [-0.05, 0) is 24.8 Å². The van der Waals surface area contributed by atoms with Gasteiger partial charge in [-0.1, -0.05) is 11.2 Å². The first-order valence-corrected chi connectivity index (χ1v) is 7.82. The molecule has 2 heterocycles. The van der Waals surface area contributed by atoms with E-state index in [-0.39, 0.29) is 11.9 Å². The van der Waals surface area contributed by atoms with Crippen molar-refractivity contribution in [3.8, 4) is 10.7 Å². The summed E-state index contributed by atoms with van der Waals surface area (Å²) < 4.78 is 5.20. The normalized spacial score (nSPS) is 12.3. The number of hydrogen-bond acceptors (Lipinski definition) is 6. The van der Waals surface area contributed by atoms with E-state index in [1.807, 2.05) is 24.4 Å². The molecule has 0 aliphatic carbocycles. The van der Waals surface area contributed by atoms with Gasteiger partial charge in [0, 0.05) is 32.5 Å². The summed E-state index contributed by atoms with van der Waals surface area (Å²) >= 11 is 1.57. The minimum Gasteiger partial charge on any atom is -0.342 e. The molecule has 0 saturated heterocycles. The molecule has 0 aliphatic rings. The number of amides is 1. The lowest BCUT2D eigenvalue weighted by molar-refractivity contribution is -0.131. The fourth-order valence-electron chi connectivity index (χ4n) is 1.83. The van der Waals surface area contributed by atoms with E-state index < -0.39 is 0 Å². The summed E-state index contributed by atoms with van der Waals surface area (Å²) in [5, 5.41) is 5.92. The lowest BCUT2D eigenvalue weighted by Gasteiger charge is -2.23. The first-order chi connectivity index (χ1) is 10.1. The number of nitrogens with two attached hydrogens (primary N) is 1. The third kappa shape index (κ3) is 4.12. The van der Waals surface area contributed by atoms with E-state index in [2.05, 4.69) is 10.1 Å². The van der Waals surface area contributed by atoms with Crippen LogP contribution in [-0.2, 0) is 11.2 Å². The van der Waals surface area contributed by atoms with Crippen LogP contribution in [0.15, 0.2) is 22.0 Å². The molecule has 0 spiro atoms. The van der Waals surface area contributed by atoms with Gasteiger partial charge in [0.05, 0.1) is 4.88 Å². The molecule has 1 unspecified atom stereocenters. The maximum absolute atomic E-state index is 11.9. The summed E-state index contributed by atoms with van der Waals surface area (Å²) in [6, 6.07) is 3.96. The number of aryl methyl sites for hydroxylation is 1. The summed E-state index contributed by atoms with van der Waals surface area (Å²) in [6.07, 6.45) is 1.75. The number of likely N-dealkylation sites (N-methyl/N-ethyl adjacent to an activating group) is 1. The molecular weight excluding hydrogens is 288 g/mol. The van der Waals surface area contributed by atoms with E-state index >= 15 is 0 Å². The van der Waals surface area contributed by atoms with Crippen LogP contribution in [0.25, 0.3) is 10.7 Å². The number of rotatable bonds is 7. The van der Waals surface area contributed by atoms with Crippen molar-refractivity contribution in [2.45, 2.75) is 32.2 Å². The number of nitrogens with zero attached hydrogens (tertiary/aromatic N) is 3. The Labute approximate surface area is 127 Å². The molecule has 2 N–H and O–H groups in total. The van der Waals surface area contributed by atoms with Crippen molar-refractivity contribution in [2.75, 3.05) is 13.6 Å². The van der Waals surface area contributed by atoms with E-state index in [9.17, 15) is 4.79 Å². The summed E-state index contributed by atoms with van der Waals surface area (Å²) in [7, 11) is 1.78. The summed E-state index contributed by atoms with van der Waals surface area (Å²) in [5.74, 6) is 1.27. The highest BCUT2D eigenvalue weighted by atomic mass is 32.1. The van der Waals surface area contributed by atoms with Crippen molar-refractivity contribution in [3.05, 3.63) is 23.4 Å². The van der Waals surface area contributed by atoms with E-state index in [1.165, 1.54) is 0 Å². The molecule has 1 amide bonds. The zero-order chi connectivity index (χ0) is 15.2. The lowest BCUT2D eigenvalue weighted by atomic mass is 10.2. The van der Waals surface area contributed by atoms with Gasteiger partial charge in [-0.3, -0.25) is 4.79 Å². The number of hydrogen-bond donors (Lipinski definition) is 1. The smallest absolute Gasteiger partial charge is 0.226 e. The van der Waals surface area contributed by atoms with E-state index in [1.54, 1.807) is 23.3 Å². The summed E-state index contributed by atoms with van der Waals surface area (Å²) in [5.41, 5.74) is 5.55. The maximum Gasteiger partial charge on any atom is 0.226 e. The van der Waals surface area contributed by atoms with E-state index in [4.69, 9.17) is 10.3 Å². The number of carbonyl (C=O) groups excluding carboxylic acids is 1. The van der Waals surface area contributed by atoms with Crippen molar-refractivity contribution in [1.82, 2.24) is 15.0 Å². The Balaban J connectivity index is 1.80. The minimum atomic E-state index is 0.0614. The minimum absolute atomic E-state index is 0.0614. The Morgan fingerprint density at radius 3 is 3.05 bits per heavy atom. The molecule has 21 heavy (non-hydrogen) atoms. The van der Waals surface area contributed by atoms with Gasteiger partial charge in [-0.2, -0.15) is 4.98 Å². The number of thiophene rings is 1. The molecule has 6 nitrogen and oxygen atoms in total. The fourth-order valence-corrected chi connectivity index (χ4v) is 2.48. The molecule has 0 fully saturated rings. The van der Waals surface area contributed by atoms with Gasteiger partial charge >= 0.3 is 0 Å². The Morgan fingerprint density at radius 1 is 1.57 bits per heavy atom. The van der Waals surface area contributed by atoms with Crippen LogP contribution in [0.4, 0.5) is 0 Å². The van der Waals surface area contributed by atoms with Gasteiger partial charge in [0.1, 0.15) is 0 Å². The van der Waals surface area contributed by atoms with Crippen molar-refractivity contribution in [2.24, 2.45) is 5.73 Å². The quantitative estimate of drug-likeness (QED) is 0.844. The molecule has 0 saturated carbocycles. The monoisotopic (exact) mass is 308 g/mol. The Hall–Kier alpha value is -1.73. The standard InChI is InChI=1S/C14H20N4O2S/c1-10(9-15)18(2)13(19)7-3-6-12-16-14(17-20-12)11-5-4-8-21-11/h4-5,8,10H,3,6-7,9,15H2,1-2H3. The van der Waals surface area contributed by atoms with E-state index in [0.29, 0.717) is 37.5 Å². The molecule has 1 atom stereocenters. The third-order valence-electron chi connectivity index (χ3n) is 3.39. The molecular formula is C14H20N4O2S. The SMILES string of the molecule is CC(CN)N(C)C(=O)CCCc1nc(-c2cccs2)no1. The molecule has 2 aromatic rings. The van der Waals surface area contributed by atoms with Crippen LogP contribution in [0, 0.1) is 0 Å². The molecule has 0 aromatic carbocycles. The molecule has 0 bridgehead atoms. The highest BCUT2D eigenvalue weighted by Gasteiger charge is 2.15. The van der Waals surface area contributed by atoms with Gasteiger partial charge < -0.3 is 15.2 Å². The predicted octanol–water partition coefficient (Wildman–Crippen LogP) is 1.93. The van der Waals surface area contributed by atoms with Crippen LogP contribution in [0.1, 0.15) is 25.7 Å². The molecule has 0 aliphatic heterocycles. The first-order valence-electron chi connectivity index (χ1n) is 6.94. The van der Waals surface area contributed by atoms with Crippen molar-refractivity contribution in [1.29, 1.82) is 0 Å². The molecule has 2 rings (SSSR count). The van der Waals surface area contributed by atoms with Crippen LogP contribution >= 0.6 is 11.3 Å². The van der Waals surface area contributed by atoms with Crippen molar-refractivity contribution in [3.63, 3.8) is 0 Å². The van der Waals surface area contributed by atoms with Gasteiger partial charge in [0.2, 0.25) is 17.6 Å². The fraction of sp³-hybridized carbons (Fsp3) is 0.500. The van der Waals surface area contributed by atoms with E-state index in [0.717, 1.165) is 4.88 Å². The van der Waals surface area contributed by atoms with Crippen molar-refractivity contribution >= 4 is 17.2 Å². The maximum atomic E-state index is 11.9. The number of aromatic nitrogens is 2. The molecule has 7 heteroatoms. The Kier molecular flexibility index (Phi) is 5.46. The largest absolute Gasteiger partial charge is 0.342 e. The Morgan fingerprint density at radius 2 is 2.38 bits per heavy atom. The molecule has 114 valence electrons. The second-order valence-corrected chi connectivity index (χ2v) is 5.88. The number of carbonyl (C=O) groups is 1. The van der Waals surface area contributed by atoms with Crippen molar-refractivity contribution < 1.29 is 9.32 Å². The zero-order valence-electron chi connectivity index (χ0n) is 12.3. The zero-order valence-corrected chi connectivity index (χ0v) is 13.1. The van der Waals surface area contributed by atoms with Gasteiger partial charge in [-0.15, -0.1) is 11.3 Å². The van der Waals surface area contributed by atoms with Gasteiger partial charge in [-0.25, -0.2) is 0 Å². The average molecular weight is 308 g/mol. The highest BCUT2D eigenvalue weighted by Crippen LogP contribution is 2.21. The van der Waals surface area contributed by atoms with Crippen LogP contribution < -0.4 is 5.73 Å². The second kappa shape index (κ2) is 7.33. The average Bonchev–Trinajstić information content (AvgIpc) is 3.16. The second-order valence-electron chi connectivity index (χ2n) is 4.93. The predicted molar refractivity (Wildman–Crippen MR) is 81.8 cm³/mol. The molecule has 0 radical (unpaired) electrons.